The Morgan fingerprint density at radius 3 is 2.89 bits per heavy atom. The minimum atomic E-state index is -0.148. The molecule has 1 aromatic carbocycles. The summed E-state index contributed by atoms with van der Waals surface area (Å²) in [5, 5.41) is 2.96. The van der Waals surface area contributed by atoms with E-state index < -0.39 is 0 Å². The number of carbonyl (C=O) groups is 1. The minimum absolute atomic E-state index is 0.136. The summed E-state index contributed by atoms with van der Waals surface area (Å²) < 4.78 is 5.11. The van der Waals surface area contributed by atoms with Crippen molar-refractivity contribution in [2.24, 2.45) is 0 Å². The molecule has 0 aliphatic carbocycles. The average Bonchev–Trinajstić information content (AvgIpc) is 2.39. The van der Waals surface area contributed by atoms with Crippen molar-refractivity contribution in [1.82, 2.24) is 5.32 Å². The first kappa shape index (κ1) is 15.7. The second kappa shape index (κ2) is 7.94. The molecule has 0 heterocycles. The monoisotopic (exact) mass is 282 g/mol. The highest BCUT2D eigenvalue weighted by Gasteiger charge is 2.14. The number of nitrogens with two attached hydrogens (primary N) is 1. The zero-order valence-electron chi connectivity index (χ0n) is 11.7. The van der Waals surface area contributed by atoms with Crippen LogP contribution in [0.5, 0.6) is 5.75 Å². The Bertz CT molecular complexity index is 424. The molecule has 1 rings (SSSR count). The molecule has 1 atom stereocenters. The molecule has 0 radical (unpaired) electrons. The van der Waals surface area contributed by atoms with Crippen molar-refractivity contribution in [3.05, 3.63) is 23.8 Å². The molecular weight excluding hydrogens is 260 g/mol. The predicted molar refractivity (Wildman–Crippen MR) is 82.0 cm³/mol. The van der Waals surface area contributed by atoms with Crippen molar-refractivity contribution in [1.29, 1.82) is 0 Å². The number of hydrogen-bond donors (Lipinski definition) is 2. The van der Waals surface area contributed by atoms with Crippen molar-refractivity contribution >= 4 is 23.4 Å². The molecule has 19 heavy (non-hydrogen) atoms. The lowest BCUT2D eigenvalue weighted by molar-refractivity contribution is 0.0940. The molecule has 0 saturated heterocycles. The summed E-state index contributed by atoms with van der Waals surface area (Å²) in [6.07, 6.45) is 0.952. The lowest BCUT2D eigenvalue weighted by atomic mass is 10.1. The van der Waals surface area contributed by atoms with Crippen LogP contribution in [0.2, 0.25) is 0 Å². The summed E-state index contributed by atoms with van der Waals surface area (Å²) in [6, 6.07) is 5.35. The van der Waals surface area contributed by atoms with E-state index in [2.05, 4.69) is 12.2 Å². The molecule has 1 aromatic rings. The first-order valence-corrected chi connectivity index (χ1v) is 7.56. The van der Waals surface area contributed by atoms with Crippen LogP contribution in [0.25, 0.3) is 0 Å². The van der Waals surface area contributed by atoms with Gasteiger partial charge in [-0.15, -0.1) is 0 Å². The molecule has 5 heteroatoms. The van der Waals surface area contributed by atoms with Crippen molar-refractivity contribution in [3.63, 3.8) is 0 Å². The Morgan fingerprint density at radius 2 is 2.26 bits per heavy atom. The van der Waals surface area contributed by atoms with Crippen LogP contribution in [0.4, 0.5) is 5.69 Å². The van der Waals surface area contributed by atoms with Crippen LogP contribution in [-0.4, -0.2) is 30.6 Å². The third kappa shape index (κ3) is 4.67. The average molecular weight is 282 g/mol. The summed E-state index contributed by atoms with van der Waals surface area (Å²) >= 11 is 1.87. The van der Waals surface area contributed by atoms with E-state index in [9.17, 15) is 4.79 Å². The number of rotatable bonds is 7. The quantitative estimate of drug-likeness (QED) is 0.596. The van der Waals surface area contributed by atoms with E-state index in [-0.39, 0.29) is 11.9 Å². The van der Waals surface area contributed by atoms with Crippen molar-refractivity contribution in [2.45, 2.75) is 26.3 Å². The van der Waals surface area contributed by atoms with Crippen LogP contribution in [0.3, 0.4) is 0 Å². The number of benzene rings is 1. The molecule has 0 spiro atoms. The van der Waals surface area contributed by atoms with E-state index in [4.69, 9.17) is 10.5 Å². The SMILES string of the molecule is CCSCCC(C)NC(=O)c1cccc(OC)c1N. The van der Waals surface area contributed by atoms with Gasteiger partial charge in [0.15, 0.2) is 0 Å². The molecule has 4 nitrogen and oxygen atoms in total. The fourth-order valence-electron chi connectivity index (χ4n) is 1.70. The first-order chi connectivity index (χ1) is 9.10. The number of para-hydroxylation sites is 1. The van der Waals surface area contributed by atoms with Gasteiger partial charge >= 0.3 is 0 Å². The highest BCUT2D eigenvalue weighted by Crippen LogP contribution is 2.24. The van der Waals surface area contributed by atoms with E-state index in [1.165, 1.54) is 7.11 Å². The van der Waals surface area contributed by atoms with E-state index in [0.29, 0.717) is 17.0 Å². The summed E-state index contributed by atoms with van der Waals surface area (Å²) in [5.41, 5.74) is 6.76. The largest absolute Gasteiger partial charge is 0.495 e. The summed E-state index contributed by atoms with van der Waals surface area (Å²) in [4.78, 5) is 12.1. The number of hydrogen-bond acceptors (Lipinski definition) is 4. The van der Waals surface area contributed by atoms with Crippen LogP contribution in [0.15, 0.2) is 18.2 Å². The van der Waals surface area contributed by atoms with Gasteiger partial charge in [0.25, 0.3) is 5.91 Å². The van der Waals surface area contributed by atoms with Gasteiger partial charge in [-0.2, -0.15) is 11.8 Å². The molecule has 0 aromatic heterocycles. The van der Waals surface area contributed by atoms with Crippen LogP contribution >= 0.6 is 11.8 Å². The number of carbonyl (C=O) groups excluding carboxylic acids is 1. The third-order valence-electron chi connectivity index (χ3n) is 2.81. The highest BCUT2D eigenvalue weighted by atomic mass is 32.2. The molecule has 1 unspecified atom stereocenters. The lowest BCUT2D eigenvalue weighted by Gasteiger charge is -2.15. The maximum Gasteiger partial charge on any atom is 0.253 e. The highest BCUT2D eigenvalue weighted by molar-refractivity contribution is 7.99. The van der Waals surface area contributed by atoms with E-state index in [1.807, 2.05) is 18.7 Å². The van der Waals surface area contributed by atoms with Gasteiger partial charge in [-0.25, -0.2) is 0 Å². The van der Waals surface area contributed by atoms with Gasteiger partial charge in [0.05, 0.1) is 18.4 Å². The van der Waals surface area contributed by atoms with Crippen LogP contribution in [0, 0.1) is 0 Å². The van der Waals surface area contributed by atoms with Gasteiger partial charge in [-0.1, -0.05) is 13.0 Å². The third-order valence-corrected chi connectivity index (χ3v) is 3.74. The number of methoxy groups -OCH3 is 1. The van der Waals surface area contributed by atoms with Gasteiger partial charge in [-0.05, 0) is 37.0 Å². The zero-order chi connectivity index (χ0) is 14.3. The molecular formula is C14H22N2O2S. The molecule has 0 aliphatic rings. The Hall–Kier alpha value is -1.36. The number of amides is 1. The van der Waals surface area contributed by atoms with Crippen LogP contribution in [-0.2, 0) is 0 Å². The summed E-state index contributed by atoms with van der Waals surface area (Å²) in [7, 11) is 1.54. The fourth-order valence-corrected chi connectivity index (χ4v) is 2.51. The van der Waals surface area contributed by atoms with Gasteiger partial charge in [-0.3, -0.25) is 4.79 Å². The maximum atomic E-state index is 12.1. The molecule has 106 valence electrons. The molecule has 0 aliphatic heterocycles. The predicted octanol–water partition coefficient (Wildman–Crippen LogP) is 2.54. The van der Waals surface area contributed by atoms with Crippen molar-refractivity contribution < 1.29 is 9.53 Å². The smallest absolute Gasteiger partial charge is 0.253 e. The number of thioether (sulfide) groups is 1. The van der Waals surface area contributed by atoms with Crippen LogP contribution in [0.1, 0.15) is 30.6 Å². The molecule has 0 bridgehead atoms. The van der Waals surface area contributed by atoms with Gasteiger partial charge < -0.3 is 15.8 Å². The zero-order valence-corrected chi connectivity index (χ0v) is 12.5. The molecule has 0 saturated carbocycles. The lowest BCUT2D eigenvalue weighted by Crippen LogP contribution is -2.33. The number of ether oxygens (including phenoxy) is 1. The summed E-state index contributed by atoms with van der Waals surface area (Å²) in [5.74, 6) is 2.53. The Balaban J connectivity index is 2.63. The van der Waals surface area contributed by atoms with E-state index >= 15 is 0 Å². The first-order valence-electron chi connectivity index (χ1n) is 6.41. The fraction of sp³-hybridized carbons (Fsp3) is 0.500. The number of nitrogen functional groups attached to an aromatic ring is 1. The second-order valence-corrected chi connectivity index (χ2v) is 5.68. The van der Waals surface area contributed by atoms with Crippen molar-refractivity contribution in [3.8, 4) is 5.75 Å². The van der Waals surface area contributed by atoms with Gasteiger partial charge in [0, 0.05) is 6.04 Å². The molecule has 3 N–H and O–H groups in total. The van der Waals surface area contributed by atoms with E-state index in [1.54, 1.807) is 18.2 Å². The second-order valence-electron chi connectivity index (χ2n) is 4.28. The Kier molecular flexibility index (Phi) is 6.56. The normalized spacial score (nSPS) is 11.9. The molecule has 1 amide bonds. The van der Waals surface area contributed by atoms with E-state index in [0.717, 1.165) is 17.9 Å². The van der Waals surface area contributed by atoms with Crippen LogP contribution < -0.4 is 15.8 Å². The van der Waals surface area contributed by atoms with Gasteiger partial charge in [0.2, 0.25) is 0 Å². The number of nitrogens with one attached hydrogen (secondary N) is 1. The Morgan fingerprint density at radius 1 is 1.53 bits per heavy atom. The molecule has 0 fully saturated rings. The Labute approximate surface area is 119 Å². The van der Waals surface area contributed by atoms with Crippen molar-refractivity contribution in [2.75, 3.05) is 24.3 Å². The maximum absolute atomic E-state index is 12.1. The topological polar surface area (TPSA) is 64.3 Å². The van der Waals surface area contributed by atoms with Gasteiger partial charge in [0.1, 0.15) is 5.75 Å². The minimum Gasteiger partial charge on any atom is -0.495 e. The summed E-state index contributed by atoms with van der Waals surface area (Å²) in [6.45, 7) is 4.13. The number of anilines is 1. The standard InChI is InChI=1S/C14H22N2O2S/c1-4-19-9-8-10(2)16-14(17)11-6-5-7-12(18-3)13(11)15/h5-7,10H,4,8-9,15H2,1-3H3,(H,16,17).